The average Bonchev–Trinajstić information content (AvgIpc) is 2.31. The predicted molar refractivity (Wildman–Crippen MR) is 71.3 cm³/mol. The van der Waals surface area contributed by atoms with Crippen molar-refractivity contribution in [3.8, 4) is 0 Å². The molecule has 0 aliphatic carbocycles. The number of nitrogens with one attached hydrogen (secondary N) is 1. The van der Waals surface area contributed by atoms with Crippen LogP contribution in [-0.2, 0) is 0 Å². The van der Waals surface area contributed by atoms with Gasteiger partial charge >= 0.3 is 0 Å². The van der Waals surface area contributed by atoms with Crippen LogP contribution in [0.15, 0.2) is 58.3 Å². The van der Waals surface area contributed by atoms with Gasteiger partial charge < -0.3 is 5.32 Å². The summed E-state index contributed by atoms with van der Waals surface area (Å²) in [7, 11) is 1.96. The van der Waals surface area contributed by atoms with E-state index in [1.54, 1.807) is 11.8 Å². The molecule has 0 spiro atoms. The molecule has 2 rings (SSSR count). The molecular weight excluding hydrogens is 214 g/mol. The van der Waals surface area contributed by atoms with Crippen molar-refractivity contribution in [2.24, 2.45) is 0 Å². The molecule has 0 aromatic heterocycles. The van der Waals surface area contributed by atoms with Crippen LogP contribution in [0.2, 0.25) is 0 Å². The maximum absolute atomic E-state index is 3.22. The highest BCUT2D eigenvalue weighted by atomic mass is 32.2. The molecule has 0 bridgehead atoms. The lowest BCUT2D eigenvalue weighted by molar-refractivity contribution is 1.32. The Kier molecular flexibility index (Phi) is 3.52. The minimum absolute atomic E-state index is 1.18. The lowest BCUT2D eigenvalue weighted by Crippen LogP contribution is -1.91. The van der Waals surface area contributed by atoms with Crippen molar-refractivity contribution in [3.63, 3.8) is 0 Å². The maximum Gasteiger partial charge on any atom is 0.0479 e. The number of hydrogen-bond acceptors (Lipinski definition) is 2. The molecule has 0 aliphatic heterocycles. The minimum atomic E-state index is 1.18. The lowest BCUT2D eigenvalue weighted by Gasteiger charge is -2.09. The maximum atomic E-state index is 3.22. The van der Waals surface area contributed by atoms with Crippen molar-refractivity contribution < 1.29 is 0 Å². The van der Waals surface area contributed by atoms with Gasteiger partial charge in [-0.3, -0.25) is 0 Å². The van der Waals surface area contributed by atoms with Crippen molar-refractivity contribution in [1.82, 2.24) is 0 Å². The molecule has 2 heteroatoms. The molecule has 1 nitrogen and oxygen atoms in total. The molecule has 0 unspecified atom stereocenters. The number of benzene rings is 2. The molecule has 2 aromatic rings. The summed E-state index contributed by atoms with van der Waals surface area (Å²) in [6, 6.07) is 16.9. The van der Waals surface area contributed by atoms with Crippen LogP contribution >= 0.6 is 11.8 Å². The van der Waals surface area contributed by atoms with Crippen LogP contribution in [0.25, 0.3) is 0 Å². The predicted octanol–water partition coefficient (Wildman–Crippen LogP) is 4.19. The summed E-state index contributed by atoms with van der Waals surface area (Å²) in [6.45, 7) is 2.12. The van der Waals surface area contributed by atoms with Crippen LogP contribution < -0.4 is 5.32 Å². The smallest absolute Gasteiger partial charge is 0.0479 e. The first-order chi connectivity index (χ1) is 7.79. The Bertz CT molecular complexity index is 465. The van der Waals surface area contributed by atoms with E-state index in [0.717, 1.165) is 0 Å². The Hall–Kier alpha value is -1.41. The molecule has 0 amide bonds. The highest BCUT2D eigenvalue weighted by Gasteiger charge is 2.03. The van der Waals surface area contributed by atoms with Gasteiger partial charge in [0.1, 0.15) is 0 Å². The van der Waals surface area contributed by atoms with Gasteiger partial charge in [-0.05, 0) is 36.8 Å². The first-order valence-electron chi connectivity index (χ1n) is 5.31. The summed E-state index contributed by atoms with van der Waals surface area (Å²) < 4.78 is 0. The van der Waals surface area contributed by atoms with Crippen LogP contribution in [0, 0.1) is 6.92 Å². The van der Waals surface area contributed by atoms with Crippen molar-refractivity contribution in [3.05, 3.63) is 54.1 Å². The molecular formula is C14H15NS. The van der Waals surface area contributed by atoms with Gasteiger partial charge in [-0.25, -0.2) is 0 Å². The Balaban J connectivity index is 2.30. The van der Waals surface area contributed by atoms with Crippen LogP contribution in [0.4, 0.5) is 5.69 Å². The molecule has 16 heavy (non-hydrogen) atoms. The highest BCUT2D eigenvalue weighted by Crippen LogP contribution is 2.33. The third-order valence-electron chi connectivity index (χ3n) is 2.38. The van der Waals surface area contributed by atoms with Gasteiger partial charge in [-0.15, -0.1) is 0 Å². The summed E-state index contributed by atoms with van der Waals surface area (Å²) >= 11 is 1.79. The fourth-order valence-electron chi connectivity index (χ4n) is 1.54. The van der Waals surface area contributed by atoms with Gasteiger partial charge in [-0.1, -0.05) is 36.0 Å². The lowest BCUT2D eigenvalue weighted by atomic mass is 10.2. The van der Waals surface area contributed by atoms with E-state index in [0.29, 0.717) is 0 Å². The van der Waals surface area contributed by atoms with Gasteiger partial charge in [0.05, 0.1) is 0 Å². The van der Waals surface area contributed by atoms with E-state index in [-0.39, 0.29) is 0 Å². The fourth-order valence-corrected chi connectivity index (χ4v) is 2.61. The third-order valence-corrected chi connectivity index (χ3v) is 3.44. The van der Waals surface area contributed by atoms with Crippen LogP contribution in [0.1, 0.15) is 5.56 Å². The van der Waals surface area contributed by atoms with Crippen molar-refractivity contribution in [2.45, 2.75) is 16.7 Å². The minimum Gasteiger partial charge on any atom is -0.387 e. The third kappa shape index (κ3) is 2.58. The largest absolute Gasteiger partial charge is 0.387 e. The molecule has 0 saturated carbocycles. The number of hydrogen-bond donors (Lipinski definition) is 1. The molecule has 0 saturated heterocycles. The van der Waals surface area contributed by atoms with Gasteiger partial charge in [0.15, 0.2) is 0 Å². The van der Waals surface area contributed by atoms with Gasteiger partial charge in [0.2, 0.25) is 0 Å². The van der Waals surface area contributed by atoms with Gasteiger partial charge in [-0.2, -0.15) is 0 Å². The molecule has 0 atom stereocenters. The Labute approximate surface area is 101 Å². The zero-order chi connectivity index (χ0) is 11.4. The molecule has 0 radical (unpaired) electrons. The van der Waals surface area contributed by atoms with Crippen LogP contribution in [0.5, 0.6) is 0 Å². The average molecular weight is 229 g/mol. The molecule has 1 N–H and O–H groups in total. The van der Waals surface area contributed by atoms with Crippen LogP contribution in [0.3, 0.4) is 0 Å². The van der Waals surface area contributed by atoms with Crippen molar-refractivity contribution >= 4 is 17.4 Å². The summed E-state index contributed by atoms with van der Waals surface area (Å²) in [5.74, 6) is 0. The Morgan fingerprint density at radius 1 is 1.00 bits per heavy atom. The van der Waals surface area contributed by atoms with Gasteiger partial charge in [0, 0.05) is 22.5 Å². The van der Waals surface area contributed by atoms with E-state index >= 15 is 0 Å². The van der Waals surface area contributed by atoms with E-state index in [1.165, 1.54) is 21.0 Å². The van der Waals surface area contributed by atoms with E-state index in [9.17, 15) is 0 Å². The molecule has 0 fully saturated rings. The standard InChI is InChI=1S/C14H15NS/c1-11-8-9-13(15-2)14(10-11)16-12-6-4-3-5-7-12/h3-10,15H,1-2H3. The Morgan fingerprint density at radius 2 is 1.75 bits per heavy atom. The fraction of sp³-hybridized carbons (Fsp3) is 0.143. The Morgan fingerprint density at radius 3 is 2.44 bits per heavy atom. The summed E-state index contributed by atoms with van der Waals surface area (Å²) in [6.07, 6.45) is 0. The first-order valence-corrected chi connectivity index (χ1v) is 6.12. The SMILES string of the molecule is CNc1ccc(C)cc1Sc1ccccc1. The molecule has 82 valence electrons. The highest BCUT2D eigenvalue weighted by molar-refractivity contribution is 7.99. The number of anilines is 1. The van der Waals surface area contributed by atoms with Crippen molar-refractivity contribution in [1.29, 1.82) is 0 Å². The molecule has 2 aromatic carbocycles. The second-order valence-corrected chi connectivity index (χ2v) is 4.78. The van der Waals surface area contributed by atoms with E-state index in [1.807, 2.05) is 13.1 Å². The monoisotopic (exact) mass is 229 g/mol. The quantitative estimate of drug-likeness (QED) is 0.847. The number of rotatable bonds is 3. The number of aryl methyl sites for hydroxylation is 1. The zero-order valence-corrected chi connectivity index (χ0v) is 10.3. The zero-order valence-electron chi connectivity index (χ0n) is 9.53. The normalized spacial score (nSPS) is 10.1. The second-order valence-electron chi connectivity index (χ2n) is 3.66. The van der Waals surface area contributed by atoms with Gasteiger partial charge in [0.25, 0.3) is 0 Å². The van der Waals surface area contributed by atoms with E-state index in [2.05, 4.69) is 54.7 Å². The summed E-state index contributed by atoms with van der Waals surface area (Å²) in [4.78, 5) is 2.54. The molecule has 0 heterocycles. The van der Waals surface area contributed by atoms with E-state index < -0.39 is 0 Å². The second kappa shape index (κ2) is 5.08. The summed E-state index contributed by atoms with van der Waals surface area (Å²) in [5, 5.41) is 3.22. The first kappa shape index (κ1) is 11.1. The summed E-state index contributed by atoms with van der Waals surface area (Å²) in [5.41, 5.74) is 2.47. The topological polar surface area (TPSA) is 12.0 Å². The molecule has 0 aliphatic rings. The van der Waals surface area contributed by atoms with E-state index in [4.69, 9.17) is 0 Å². The van der Waals surface area contributed by atoms with Crippen LogP contribution in [-0.4, -0.2) is 7.05 Å². The van der Waals surface area contributed by atoms with Crippen molar-refractivity contribution in [2.75, 3.05) is 12.4 Å².